The zero-order valence-electron chi connectivity index (χ0n) is 48.1. The van der Waals surface area contributed by atoms with E-state index in [1.54, 1.807) is 107 Å². The van der Waals surface area contributed by atoms with E-state index < -0.39 is 84.0 Å². The van der Waals surface area contributed by atoms with Gasteiger partial charge in [0.25, 0.3) is 0 Å². The van der Waals surface area contributed by atoms with Gasteiger partial charge >= 0.3 is 24.2 Å². The fourth-order valence-electron chi connectivity index (χ4n) is 10.6. The zero-order chi connectivity index (χ0) is 61.4. The standard InChI is InChI=1S/C63H74F6N8O8/c1-41(70-3)56(79)72-54(36-45-19-25-52(78)26-20-45)58(81)77-32-10-16-51(77)39-75(61(84)63(67,68)69)34-30-44-13-8-14-49(35-44)48-23-17-47(18-24-48)40-85-53-27-21-46(22-28-53)37-55(73-57(80)42(2)71-4)59(82)76-31-9-15-50(76)38-74(60(83)62(64,65)66)33-29-43-11-6-5-7-12-43/h5-8,11-14,17-28,35,41-42,50-51,54-55,70-71,78H,9-10,15-16,29-34,36-40H2,1-4H3,(H,72,79)(H,73,80)/t41-,42-,50-,51-,54-,55-/m0/s1. The Balaban J connectivity index is 0.961. The van der Waals surface area contributed by atoms with Crippen LogP contribution in [0.5, 0.6) is 11.5 Å². The molecular formula is C63H74F6N8O8. The average molecular weight is 1190 g/mol. The summed E-state index contributed by atoms with van der Waals surface area (Å²) >= 11 is 0. The Kier molecular flexibility index (Phi) is 22.6. The summed E-state index contributed by atoms with van der Waals surface area (Å²) in [7, 11) is 3.19. The third-order valence-corrected chi connectivity index (χ3v) is 15.7. The average Bonchev–Trinajstić information content (AvgIpc) is 3.42. The first-order chi connectivity index (χ1) is 40.5. The van der Waals surface area contributed by atoms with Gasteiger partial charge in [-0.3, -0.25) is 28.8 Å². The van der Waals surface area contributed by atoms with Crippen LogP contribution in [-0.4, -0.2) is 162 Å². The van der Waals surface area contributed by atoms with Gasteiger partial charge in [-0.2, -0.15) is 26.3 Å². The van der Waals surface area contributed by atoms with E-state index in [0.717, 1.165) is 32.1 Å². The maximum atomic E-state index is 14.3. The van der Waals surface area contributed by atoms with E-state index in [2.05, 4.69) is 21.3 Å². The van der Waals surface area contributed by atoms with Crippen molar-refractivity contribution in [3.63, 3.8) is 0 Å². The van der Waals surface area contributed by atoms with Crippen molar-refractivity contribution >= 4 is 35.4 Å². The smallest absolute Gasteiger partial charge is 0.471 e. The summed E-state index contributed by atoms with van der Waals surface area (Å²) in [6, 6.07) is 31.8. The molecule has 6 atom stereocenters. The topological polar surface area (TPSA) is 193 Å². The molecule has 5 N–H and O–H groups in total. The monoisotopic (exact) mass is 1180 g/mol. The number of alkyl halides is 6. The number of hydrogen-bond acceptors (Lipinski definition) is 10. The molecule has 0 aliphatic carbocycles. The van der Waals surface area contributed by atoms with Crippen LogP contribution in [0.1, 0.15) is 67.3 Å². The van der Waals surface area contributed by atoms with Gasteiger partial charge in [0.1, 0.15) is 30.2 Å². The van der Waals surface area contributed by atoms with Crippen molar-refractivity contribution < 1.29 is 65.0 Å². The lowest BCUT2D eigenvalue weighted by Crippen LogP contribution is -2.56. The van der Waals surface area contributed by atoms with Gasteiger partial charge in [0.15, 0.2) is 0 Å². The van der Waals surface area contributed by atoms with Gasteiger partial charge in [-0.25, -0.2) is 0 Å². The Morgan fingerprint density at radius 1 is 0.565 bits per heavy atom. The number of ether oxygens (including phenoxy) is 1. The Hall–Kier alpha value is -7.98. The molecule has 85 heavy (non-hydrogen) atoms. The molecule has 6 amide bonds. The first-order valence-corrected chi connectivity index (χ1v) is 28.5. The molecule has 5 aromatic carbocycles. The van der Waals surface area contributed by atoms with Gasteiger partial charge in [0.2, 0.25) is 23.6 Å². The van der Waals surface area contributed by atoms with E-state index >= 15 is 0 Å². The second-order valence-corrected chi connectivity index (χ2v) is 21.7. The first-order valence-electron chi connectivity index (χ1n) is 28.5. The third kappa shape index (κ3) is 18.3. The summed E-state index contributed by atoms with van der Waals surface area (Å²) in [4.78, 5) is 84.9. The van der Waals surface area contributed by atoms with Gasteiger partial charge in [0.05, 0.1) is 12.1 Å². The molecule has 0 bridgehead atoms. The third-order valence-electron chi connectivity index (χ3n) is 15.7. The molecule has 22 heteroatoms. The molecule has 2 saturated heterocycles. The van der Waals surface area contributed by atoms with Crippen LogP contribution in [0.2, 0.25) is 0 Å². The van der Waals surface area contributed by atoms with Gasteiger partial charge in [-0.1, -0.05) is 103 Å². The Bertz CT molecular complexity index is 3040. The van der Waals surface area contributed by atoms with Gasteiger partial charge in [-0.15, -0.1) is 0 Å². The highest BCUT2D eigenvalue weighted by Gasteiger charge is 2.46. The summed E-state index contributed by atoms with van der Waals surface area (Å²) in [6.07, 6.45) is -8.19. The molecule has 7 rings (SSSR count). The minimum atomic E-state index is -5.17. The number of likely N-dealkylation sites (tertiary alicyclic amines) is 2. The fraction of sp³-hybridized carbons (Fsp3) is 0.429. The van der Waals surface area contributed by atoms with Crippen LogP contribution in [0.15, 0.2) is 127 Å². The van der Waals surface area contributed by atoms with Gasteiger partial charge in [0, 0.05) is 64.2 Å². The number of phenolic OH excluding ortho intramolecular Hbond substituents is 1. The van der Waals surface area contributed by atoms with Gasteiger partial charge < -0.3 is 50.7 Å². The van der Waals surface area contributed by atoms with E-state index in [1.807, 2.05) is 36.4 Å². The summed E-state index contributed by atoms with van der Waals surface area (Å²) in [6.45, 7) is 2.70. The molecule has 5 aromatic rings. The molecule has 16 nitrogen and oxygen atoms in total. The second kappa shape index (κ2) is 29.7. The van der Waals surface area contributed by atoms with E-state index in [0.29, 0.717) is 48.1 Å². The number of nitrogens with one attached hydrogen (secondary N) is 4. The number of likely N-dealkylation sites (N-methyl/N-ethyl adjacent to an activating group) is 2. The van der Waals surface area contributed by atoms with Crippen LogP contribution in [0.3, 0.4) is 0 Å². The van der Waals surface area contributed by atoms with Crippen molar-refractivity contribution in [1.29, 1.82) is 0 Å². The predicted molar refractivity (Wildman–Crippen MR) is 308 cm³/mol. The number of halogens is 6. The Morgan fingerprint density at radius 2 is 1.01 bits per heavy atom. The molecule has 0 aromatic heterocycles. The van der Waals surface area contributed by atoms with E-state index in [1.165, 1.54) is 21.9 Å². The highest BCUT2D eigenvalue weighted by atomic mass is 19.4. The highest BCUT2D eigenvalue weighted by Crippen LogP contribution is 2.29. The fourth-order valence-corrected chi connectivity index (χ4v) is 10.6. The van der Waals surface area contributed by atoms with Crippen LogP contribution >= 0.6 is 0 Å². The van der Waals surface area contributed by atoms with Crippen molar-refractivity contribution in [2.45, 2.75) is 120 Å². The van der Waals surface area contributed by atoms with Crippen molar-refractivity contribution in [3.8, 4) is 22.6 Å². The van der Waals surface area contributed by atoms with E-state index in [4.69, 9.17) is 4.74 Å². The molecule has 2 aliphatic heterocycles. The summed E-state index contributed by atoms with van der Waals surface area (Å²) in [5.41, 5.74) is 5.15. The molecule has 0 radical (unpaired) electrons. The molecule has 0 spiro atoms. The largest absolute Gasteiger partial charge is 0.508 e. The van der Waals surface area contributed by atoms with Crippen molar-refractivity contribution in [2.75, 3.05) is 53.4 Å². The van der Waals surface area contributed by atoms with E-state index in [-0.39, 0.29) is 77.3 Å². The number of benzene rings is 5. The summed E-state index contributed by atoms with van der Waals surface area (Å²) in [5.74, 6) is -5.34. The minimum absolute atomic E-state index is 0.0143. The predicted octanol–water partition coefficient (Wildman–Crippen LogP) is 7.16. The zero-order valence-corrected chi connectivity index (χ0v) is 48.1. The first kappa shape index (κ1) is 64.6. The minimum Gasteiger partial charge on any atom is -0.508 e. The number of nitrogens with zero attached hydrogens (tertiary/aromatic N) is 4. The number of carbonyl (C=O) groups is 6. The van der Waals surface area contributed by atoms with Crippen LogP contribution < -0.4 is 26.0 Å². The molecule has 2 heterocycles. The maximum absolute atomic E-state index is 14.3. The quantitative estimate of drug-likeness (QED) is 0.0355. The van der Waals surface area contributed by atoms with Crippen LogP contribution in [-0.2, 0) is 61.1 Å². The number of rotatable bonds is 26. The molecule has 456 valence electrons. The lowest BCUT2D eigenvalue weighted by atomic mass is 10.0. The van der Waals surface area contributed by atoms with Gasteiger partial charge in [-0.05, 0) is 130 Å². The number of amides is 6. The molecule has 2 fully saturated rings. The number of carbonyl (C=O) groups excluding carboxylic acids is 6. The van der Waals surface area contributed by atoms with Crippen LogP contribution in [0.25, 0.3) is 11.1 Å². The molecule has 2 aliphatic rings. The Labute approximate surface area is 491 Å². The van der Waals surface area contributed by atoms with Crippen molar-refractivity contribution in [1.82, 2.24) is 40.9 Å². The van der Waals surface area contributed by atoms with E-state index in [9.17, 15) is 60.2 Å². The highest BCUT2D eigenvalue weighted by molar-refractivity contribution is 5.91. The summed E-state index contributed by atoms with van der Waals surface area (Å²) in [5, 5.41) is 21.1. The normalized spacial score (nSPS) is 16.7. The van der Waals surface area contributed by atoms with Crippen LogP contribution in [0.4, 0.5) is 26.3 Å². The lowest BCUT2D eigenvalue weighted by Gasteiger charge is -2.34. The number of aromatic hydroxyl groups is 1. The molecule has 0 saturated carbocycles. The molecule has 0 unspecified atom stereocenters. The number of hydrogen-bond donors (Lipinski definition) is 5. The molecular weight excluding hydrogens is 1110 g/mol. The van der Waals surface area contributed by atoms with Crippen molar-refractivity contribution in [3.05, 3.63) is 155 Å². The van der Waals surface area contributed by atoms with Crippen LogP contribution in [0, 0.1) is 0 Å². The Morgan fingerprint density at radius 3 is 1.48 bits per heavy atom. The summed E-state index contributed by atoms with van der Waals surface area (Å²) < 4.78 is 90.2. The lowest BCUT2D eigenvalue weighted by molar-refractivity contribution is -0.186. The number of phenols is 1. The van der Waals surface area contributed by atoms with Crippen molar-refractivity contribution in [2.24, 2.45) is 0 Å². The maximum Gasteiger partial charge on any atom is 0.471 e. The SMILES string of the molecule is CN[C@@H](C)C(=O)N[C@@H](Cc1ccc(OCc2ccc(-c3cccc(CCN(C[C@@H]4CCCN4C(=O)[C@H](Cc4ccc(O)cc4)NC(=O)[C@H](C)NC)C(=O)C(F)(F)F)c3)cc2)cc1)C(=O)N1CCC[C@H]1CN(CCc1ccccc1)C(=O)C(F)(F)F. The second-order valence-electron chi connectivity index (χ2n) is 21.7.